The first-order valence-electron chi connectivity index (χ1n) is 8.46. The van der Waals surface area contributed by atoms with E-state index >= 15 is 0 Å². The van der Waals surface area contributed by atoms with E-state index in [4.69, 9.17) is 4.74 Å². The summed E-state index contributed by atoms with van der Waals surface area (Å²) in [5, 5.41) is 12.8. The van der Waals surface area contributed by atoms with E-state index in [-0.39, 0.29) is 17.9 Å². The molecule has 1 aromatic rings. The molecule has 5 nitrogen and oxygen atoms in total. The van der Waals surface area contributed by atoms with Gasteiger partial charge in [0.15, 0.2) is 0 Å². The number of anilines is 1. The number of nitrogens with one attached hydrogen (secondary N) is 1. The summed E-state index contributed by atoms with van der Waals surface area (Å²) >= 11 is 1.14. The molecule has 3 rings (SSSR count). The monoisotopic (exact) mass is 346 g/mol. The van der Waals surface area contributed by atoms with Gasteiger partial charge < -0.3 is 10.1 Å². The Morgan fingerprint density at radius 2 is 2.08 bits per heavy atom. The molecule has 6 heteroatoms. The number of fused-ring (bicyclic) bond motifs is 2. The average Bonchev–Trinajstić information content (AvgIpc) is 3.21. The van der Waals surface area contributed by atoms with Crippen LogP contribution in [0, 0.1) is 36.0 Å². The Balaban J connectivity index is 1.79. The fraction of sp³-hybridized carbons (Fsp3) is 0.611. The van der Waals surface area contributed by atoms with Crippen molar-refractivity contribution in [3.05, 3.63) is 16.0 Å². The second kappa shape index (κ2) is 6.56. The first-order valence-corrected chi connectivity index (χ1v) is 9.27. The molecule has 1 N–H and O–H groups in total. The number of rotatable bonds is 4. The smallest absolute Gasteiger partial charge is 0.348 e. The highest BCUT2D eigenvalue weighted by molar-refractivity contribution is 7.18. The minimum Gasteiger partial charge on any atom is -0.459 e. The molecule has 1 heterocycles. The van der Waals surface area contributed by atoms with Crippen LogP contribution >= 0.6 is 11.3 Å². The summed E-state index contributed by atoms with van der Waals surface area (Å²) in [7, 11) is 0. The molecular formula is C18H22N2O3S. The van der Waals surface area contributed by atoms with Crippen molar-refractivity contribution in [3.8, 4) is 6.07 Å². The maximum atomic E-state index is 12.6. The molecule has 2 aliphatic rings. The lowest BCUT2D eigenvalue weighted by Crippen LogP contribution is -2.27. The largest absolute Gasteiger partial charge is 0.459 e. The highest BCUT2D eigenvalue weighted by Crippen LogP contribution is 2.48. The lowest BCUT2D eigenvalue weighted by atomic mass is 9.88. The molecular weight excluding hydrogens is 324 g/mol. The van der Waals surface area contributed by atoms with Gasteiger partial charge in [-0.25, -0.2) is 4.79 Å². The minimum absolute atomic E-state index is 0.0104. The number of amides is 1. The Morgan fingerprint density at radius 3 is 2.62 bits per heavy atom. The van der Waals surface area contributed by atoms with Crippen LogP contribution in [0.1, 0.15) is 60.3 Å². The van der Waals surface area contributed by atoms with Crippen molar-refractivity contribution in [2.24, 2.45) is 17.8 Å². The molecule has 2 fully saturated rings. The Bertz CT molecular complexity index is 717. The molecule has 3 atom stereocenters. The summed E-state index contributed by atoms with van der Waals surface area (Å²) in [6.45, 7) is 5.28. The number of carbonyl (C=O) groups excluding carboxylic acids is 2. The van der Waals surface area contributed by atoms with Gasteiger partial charge >= 0.3 is 5.97 Å². The predicted molar refractivity (Wildman–Crippen MR) is 91.9 cm³/mol. The summed E-state index contributed by atoms with van der Waals surface area (Å²) < 4.78 is 5.22. The third-order valence-electron chi connectivity index (χ3n) is 5.10. The normalized spacial score (nSPS) is 24.9. The van der Waals surface area contributed by atoms with Gasteiger partial charge in [0.25, 0.3) is 0 Å². The van der Waals surface area contributed by atoms with E-state index in [1.54, 1.807) is 20.8 Å². The number of ether oxygens (including phenoxy) is 1. The van der Waals surface area contributed by atoms with Crippen molar-refractivity contribution in [2.45, 2.75) is 52.6 Å². The van der Waals surface area contributed by atoms with E-state index in [1.165, 1.54) is 6.42 Å². The molecule has 2 saturated carbocycles. The van der Waals surface area contributed by atoms with Crippen molar-refractivity contribution in [3.63, 3.8) is 0 Å². The van der Waals surface area contributed by atoms with E-state index in [0.29, 0.717) is 32.8 Å². The summed E-state index contributed by atoms with van der Waals surface area (Å²) in [6, 6.07) is 2.11. The fourth-order valence-corrected chi connectivity index (χ4v) is 5.01. The molecule has 0 aromatic carbocycles. The third kappa shape index (κ3) is 3.05. The minimum atomic E-state index is -0.440. The number of hydrogen-bond acceptors (Lipinski definition) is 5. The highest BCUT2D eigenvalue weighted by atomic mass is 32.1. The molecule has 24 heavy (non-hydrogen) atoms. The number of hydrogen-bond donors (Lipinski definition) is 1. The molecule has 0 saturated heterocycles. The van der Waals surface area contributed by atoms with Crippen LogP contribution in [0.4, 0.5) is 5.00 Å². The second-order valence-corrected chi connectivity index (χ2v) is 8.12. The number of carbonyl (C=O) groups is 2. The molecule has 2 aliphatic carbocycles. The van der Waals surface area contributed by atoms with Crippen LogP contribution in [-0.4, -0.2) is 18.0 Å². The van der Waals surface area contributed by atoms with Gasteiger partial charge in [0, 0.05) is 5.92 Å². The number of esters is 1. The summed E-state index contributed by atoms with van der Waals surface area (Å²) in [6.07, 6.45) is 4.24. The van der Waals surface area contributed by atoms with Crippen LogP contribution < -0.4 is 5.32 Å². The standard InChI is InChI=1S/C18H22N2O3S/c1-9(2)23-18(22)15-10(3)14(8-19)17(24-15)20-16(21)13-7-11-4-5-12(13)6-11/h9,11-13H,4-7H2,1-3H3,(H,20,21)/t11-,12-,13-/m1/s1. The zero-order chi connectivity index (χ0) is 17.4. The Morgan fingerprint density at radius 1 is 1.33 bits per heavy atom. The van der Waals surface area contributed by atoms with Gasteiger partial charge in [0.05, 0.1) is 11.7 Å². The Kier molecular flexibility index (Phi) is 4.64. The van der Waals surface area contributed by atoms with Crippen molar-refractivity contribution in [2.75, 3.05) is 5.32 Å². The molecule has 0 spiro atoms. The summed E-state index contributed by atoms with van der Waals surface area (Å²) in [5.41, 5.74) is 0.948. The SMILES string of the molecule is Cc1c(C(=O)OC(C)C)sc(NC(=O)[C@@H]2C[C@@H]3CC[C@@H]2C3)c1C#N. The van der Waals surface area contributed by atoms with E-state index in [0.717, 1.165) is 30.6 Å². The van der Waals surface area contributed by atoms with Gasteiger partial charge in [-0.2, -0.15) is 5.26 Å². The van der Waals surface area contributed by atoms with Gasteiger partial charge in [-0.1, -0.05) is 6.42 Å². The van der Waals surface area contributed by atoms with Crippen LogP contribution in [0.25, 0.3) is 0 Å². The van der Waals surface area contributed by atoms with Gasteiger partial charge in [0.2, 0.25) is 5.91 Å². The maximum absolute atomic E-state index is 12.6. The molecule has 2 bridgehead atoms. The van der Waals surface area contributed by atoms with Crippen molar-refractivity contribution < 1.29 is 14.3 Å². The van der Waals surface area contributed by atoms with Crippen LogP contribution in [0.2, 0.25) is 0 Å². The van der Waals surface area contributed by atoms with Crippen LogP contribution in [0.15, 0.2) is 0 Å². The fourth-order valence-electron chi connectivity index (χ4n) is 3.97. The van der Waals surface area contributed by atoms with E-state index in [2.05, 4.69) is 11.4 Å². The maximum Gasteiger partial charge on any atom is 0.348 e. The third-order valence-corrected chi connectivity index (χ3v) is 6.29. The van der Waals surface area contributed by atoms with E-state index in [9.17, 15) is 14.9 Å². The van der Waals surface area contributed by atoms with Crippen LogP contribution in [0.3, 0.4) is 0 Å². The molecule has 1 aromatic heterocycles. The summed E-state index contributed by atoms with van der Waals surface area (Å²) in [5.74, 6) is 0.756. The summed E-state index contributed by atoms with van der Waals surface area (Å²) in [4.78, 5) is 25.2. The molecule has 0 unspecified atom stereocenters. The Labute approximate surface area is 146 Å². The zero-order valence-corrected chi connectivity index (χ0v) is 15.0. The lowest BCUT2D eigenvalue weighted by molar-refractivity contribution is -0.121. The van der Waals surface area contributed by atoms with Gasteiger partial charge in [-0.15, -0.1) is 11.3 Å². The van der Waals surface area contributed by atoms with Crippen molar-refractivity contribution in [1.82, 2.24) is 0 Å². The van der Waals surface area contributed by atoms with Crippen molar-refractivity contribution in [1.29, 1.82) is 5.26 Å². The molecule has 128 valence electrons. The number of thiophene rings is 1. The van der Waals surface area contributed by atoms with Crippen LogP contribution in [-0.2, 0) is 9.53 Å². The molecule has 1 amide bonds. The van der Waals surface area contributed by atoms with Gasteiger partial charge in [-0.3, -0.25) is 4.79 Å². The lowest BCUT2D eigenvalue weighted by Gasteiger charge is -2.20. The first-order chi connectivity index (χ1) is 11.4. The number of nitriles is 1. The number of nitrogens with zero attached hydrogens (tertiary/aromatic N) is 1. The highest BCUT2D eigenvalue weighted by Gasteiger charge is 2.43. The van der Waals surface area contributed by atoms with E-state index < -0.39 is 5.97 Å². The van der Waals surface area contributed by atoms with E-state index in [1.807, 2.05) is 0 Å². The zero-order valence-electron chi connectivity index (χ0n) is 14.2. The Hall–Kier alpha value is -1.87. The first kappa shape index (κ1) is 17.0. The second-order valence-electron chi connectivity index (χ2n) is 7.10. The van der Waals surface area contributed by atoms with Crippen molar-refractivity contribution >= 4 is 28.2 Å². The molecule has 0 radical (unpaired) electrons. The quantitative estimate of drug-likeness (QED) is 0.839. The van der Waals surface area contributed by atoms with Gasteiger partial charge in [0.1, 0.15) is 15.9 Å². The predicted octanol–water partition coefficient (Wildman–Crippen LogP) is 3.87. The molecule has 0 aliphatic heterocycles. The van der Waals surface area contributed by atoms with Gasteiger partial charge in [-0.05, 0) is 57.4 Å². The average molecular weight is 346 g/mol. The van der Waals surface area contributed by atoms with Crippen LogP contribution in [0.5, 0.6) is 0 Å². The topological polar surface area (TPSA) is 79.2 Å².